The minimum atomic E-state index is -1.02. The summed E-state index contributed by atoms with van der Waals surface area (Å²) < 4.78 is 8.34. The minimum Gasteiger partial charge on any atom is -0.508 e. The monoisotopic (exact) mass is 650 g/mol. The van der Waals surface area contributed by atoms with Crippen LogP contribution in [0.2, 0.25) is 5.28 Å². The molecule has 0 bridgehead atoms. The van der Waals surface area contributed by atoms with Crippen molar-refractivity contribution in [2.24, 2.45) is 19.8 Å². The van der Waals surface area contributed by atoms with E-state index in [2.05, 4.69) is 77.5 Å². The zero-order chi connectivity index (χ0) is 33.8. The number of nitrogens with one attached hydrogen (secondary N) is 1. The Morgan fingerprint density at radius 3 is 2.00 bits per heavy atom. The van der Waals surface area contributed by atoms with Gasteiger partial charge in [0.25, 0.3) is 5.56 Å². The fraction of sp³-hybridized carbons (Fsp3) is 0.273. The smallest absolute Gasteiger partial charge is 0.332 e. The molecule has 0 aliphatic rings. The number of ether oxygens (including phenoxy) is 1. The van der Waals surface area contributed by atoms with E-state index >= 15 is 0 Å². The molecule has 5 rings (SSSR count). The number of phenolic OH excluding ortho intramolecular Hbond substituents is 1. The number of hydrogen-bond acceptors (Lipinski definition) is 8. The molecule has 12 nitrogen and oxygen atoms in total. The summed E-state index contributed by atoms with van der Waals surface area (Å²) in [5, 5.41) is 17.6. The number of hydrogen-bond donors (Lipinski definition) is 4. The Morgan fingerprint density at radius 1 is 0.957 bits per heavy atom. The maximum atomic E-state index is 11.5. The van der Waals surface area contributed by atoms with Crippen molar-refractivity contribution in [1.82, 2.24) is 24.0 Å². The molecule has 1 unspecified atom stereocenters. The van der Waals surface area contributed by atoms with Crippen LogP contribution in [0.15, 0.2) is 94.5 Å². The van der Waals surface area contributed by atoms with Crippen LogP contribution in [0.4, 0.5) is 0 Å². The third-order valence-corrected chi connectivity index (χ3v) is 6.98. The number of aromatic nitrogens is 4. The molecule has 0 saturated carbocycles. The van der Waals surface area contributed by atoms with Crippen molar-refractivity contribution in [3.05, 3.63) is 128 Å². The number of aryl methyl sites for hydroxylation is 1. The molecule has 244 valence electrons. The van der Waals surface area contributed by atoms with E-state index in [-0.39, 0.29) is 34.7 Å². The topological polar surface area (TPSA) is 169 Å². The molecule has 0 amide bonds. The zero-order valence-electron chi connectivity index (χ0n) is 26.1. The average molecular weight is 651 g/mol. The second kappa shape index (κ2) is 17.1. The number of phenols is 1. The number of fused-ring (bicyclic) bond motifs is 1. The molecule has 5 N–H and O–H groups in total. The number of rotatable bonds is 9. The second-order valence-corrected chi connectivity index (χ2v) is 11.0. The summed E-state index contributed by atoms with van der Waals surface area (Å²) in [6.45, 7) is 1.65. The van der Waals surface area contributed by atoms with E-state index < -0.39 is 23.3 Å². The molecule has 0 aliphatic carbocycles. The van der Waals surface area contributed by atoms with Crippen LogP contribution in [-0.2, 0) is 30.0 Å². The Kier molecular flexibility index (Phi) is 13.3. The summed E-state index contributed by atoms with van der Waals surface area (Å²) in [6, 6.07) is 26.2. The van der Waals surface area contributed by atoms with E-state index in [1.807, 2.05) is 12.1 Å². The van der Waals surface area contributed by atoms with E-state index in [1.165, 1.54) is 41.9 Å². The zero-order valence-corrected chi connectivity index (χ0v) is 26.9. The van der Waals surface area contributed by atoms with Gasteiger partial charge in [0.05, 0.1) is 6.61 Å². The lowest BCUT2D eigenvalue weighted by atomic mass is 10.0. The maximum Gasteiger partial charge on any atom is 0.332 e. The lowest BCUT2D eigenvalue weighted by molar-refractivity contribution is -0.138. The summed E-state index contributed by atoms with van der Waals surface area (Å²) in [4.78, 5) is 41.9. The Morgan fingerprint density at radius 2 is 1.50 bits per heavy atom. The lowest BCUT2D eigenvalue weighted by Gasteiger charge is -2.20. The largest absolute Gasteiger partial charge is 0.508 e. The number of H-pyrrole nitrogens is 1. The number of aromatic hydroxyl groups is 1. The minimum absolute atomic E-state index is 0.0161. The van der Waals surface area contributed by atoms with E-state index in [9.17, 15) is 14.4 Å². The fourth-order valence-electron chi connectivity index (χ4n) is 4.26. The molecule has 2 aromatic heterocycles. The third-order valence-electron chi connectivity index (χ3n) is 6.80. The molecule has 2 heterocycles. The number of carboxylic acid groups (broad SMARTS) is 1. The highest BCUT2D eigenvalue weighted by atomic mass is 35.5. The molecular weight excluding hydrogens is 612 g/mol. The first-order chi connectivity index (χ1) is 21.9. The number of carbonyl (C=O) groups is 1. The van der Waals surface area contributed by atoms with E-state index in [1.54, 1.807) is 12.1 Å². The van der Waals surface area contributed by atoms with Gasteiger partial charge in [-0.3, -0.25) is 18.7 Å². The van der Waals surface area contributed by atoms with Crippen LogP contribution >= 0.6 is 11.6 Å². The first kappa shape index (κ1) is 35.7. The van der Waals surface area contributed by atoms with Gasteiger partial charge in [-0.15, -0.1) is 0 Å². The molecule has 0 radical (unpaired) electrons. The first-order valence-corrected chi connectivity index (χ1v) is 14.7. The van der Waals surface area contributed by atoms with Crippen LogP contribution in [0.1, 0.15) is 22.8 Å². The van der Waals surface area contributed by atoms with Crippen LogP contribution in [0.5, 0.6) is 5.75 Å². The summed E-state index contributed by atoms with van der Waals surface area (Å²) in [5.41, 5.74) is 8.17. The van der Waals surface area contributed by atoms with Crippen molar-refractivity contribution in [3.63, 3.8) is 0 Å². The first-order valence-electron chi connectivity index (χ1n) is 14.3. The van der Waals surface area contributed by atoms with Gasteiger partial charge in [-0.25, -0.2) is 4.79 Å². The molecule has 46 heavy (non-hydrogen) atoms. The fourth-order valence-corrected chi connectivity index (χ4v) is 4.44. The number of nitrogens with zero attached hydrogens (tertiary/aromatic N) is 4. The Labute approximate surface area is 271 Å². The van der Waals surface area contributed by atoms with Crippen molar-refractivity contribution >= 4 is 28.7 Å². The van der Waals surface area contributed by atoms with Gasteiger partial charge < -0.3 is 30.6 Å². The van der Waals surface area contributed by atoms with Gasteiger partial charge in [0.2, 0.25) is 5.28 Å². The van der Waals surface area contributed by atoms with Gasteiger partial charge in [-0.05, 0) is 60.9 Å². The molecule has 3 aromatic carbocycles. The van der Waals surface area contributed by atoms with Crippen LogP contribution in [0, 0.1) is 0 Å². The number of aromatic amines is 1. The second-order valence-electron chi connectivity index (χ2n) is 10.6. The van der Waals surface area contributed by atoms with E-state index in [4.69, 9.17) is 32.3 Å². The number of carboxylic acids is 1. The molecular formula is C33H39ClN6O6. The standard InChI is InChI=1S/C17H21NO.C9H11NO3.C7H7ClN4O2/c1-18(2)13-14-19-17(15-9-5-3-6-10-15)16-11-7-4-8-12-16;10-8(9(12)13)5-6-1-3-7(11)4-2-6;1-11-4-3(9-6(8)10-4)5(13)12(2)7(11)14/h3-12,17H,13-14H2,1-2H3;1-4,8,11H,5,10H2,(H,12,13);1-2H3,(H,9,10). The quantitative estimate of drug-likeness (QED) is 0.175. The highest BCUT2D eigenvalue weighted by Crippen LogP contribution is 2.25. The maximum absolute atomic E-state index is 11.5. The number of benzene rings is 3. The molecule has 0 saturated heterocycles. The lowest BCUT2D eigenvalue weighted by Crippen LogP contribution is -2.36. The average Bonchev–Trinajstić information content (AvgIpc) is 3.45. The predicted octanol–water partition coefficient (Wildman–Crippen LogP) is 3.31. The van der Waals surface area contributed by atoms with E-state index in [0.717, 1.165) is 23.3 Å². The predicted molar refractivity (Wildman–Crippen MR) is 178 cm³/mol. The van der Waals surface area contributed by atoms with Gasteiger partial charge in [0.1, 0.15) is 17.9 Å². The van der Waals surface area contributed by atoms with Crippen LogP contribution in [0.3, 0.4) is 0 Å². The van der Waals surface area contributed by atoms with Gasteiger partial charge in [0, 0.05) is 20.6 Å². The molecule has 13 heteroatoms. The number of halogens is 1. The van der Waals surface area contributed by atoms with Crippen molar-refractivity contribution in [2.45, 2.75) is 18.6 Å². The Hall–Kier alpha value is -4.75. The van der Waals surface area contributed by atoms with Gasteiger partial charge in [-0.2, -0.15) is 4.98 Å². The summed E-state index contributed by atoms with van der Waals surface area (Å²) in [7, 11) is 7.05. The van der Waals surface area contributed by atoms with Gasteiger partial charge >= 0.3 is 11.7 Å². The molecule has 0 aliphatic heterocycles. The van der Waals surface area contributed by atoms with E-state index in [0.29, 0.717) is 0 Å². The number of aliphatic carboxylic acids is 1. The van der Waals surface area contributed by atoms with Crippen LogP contribution in [-0.4, -0.2) is 73.5 Å². The SMILES string of the molecule is CN(C)CCOC(c1ccccc1)c1ccccc1.Cn1c(=O)c2[nH]c(Cl)nc2n(C)c1=O.NC(Cc1ccc(O)cc1)C(=O)O. The highest BCUT2D eigenvalue weighted by molar-refractivity contribution is 6.28. The Bertz CT molecular complexity index is 1770. The van der Waals surface area contributed by atoms with Crippen LogP contribution in [0.25, 0.3) is 11.2 Å². The van der Waals surface area contributed by atoms with Crippen molar-refractivity contribution in [3.8, 4) is 5.75 Å². The number of nitrogens with two attached hydrogens (primary N) is 1. The summed E-state index contributed by atoms with van der Waals surface area (Å²) in [6.07, 6.45) is 0.289. The Balaban J connectivity index is 0.000000192. The highest BCUT2D eigenvalue weighted by Gasteiger charge is 2.14. The molecule has 5 aromatic rings. The van der Waals surface area contributed by atoms with Crippen molar-refractivity contribution in [1.29, 1.82) is 0 Å². The molecule has 0 fully saturated rings. The van der Waals surface area contributed by atoms with Crippen LogP contribution < -0.4 is 17.0 Å². The molecule has 1 atom stereocenters. The van der Waals surface area contributed by atoms with Gasteiger partial charge in [0.15, 0.2) is 11.2 Å². The third kappa shape index (κ3) is 10.1. The molecule has 0 spiro atoms. The number of likely N-dealkylation sites (N-methyl/N-ethyl adjacent to an activating group) is 1. The normalized spacial score (nSPS) is 11.5. The summed E-state index contributed by atoms with van der Waals surface area (Å²) in [5.74, 6) is -0.860. The van der Waals surface area contributed by atoms with Crippen molar-refractivity contribution < 1.29 is 19.7 Å². The van der Waals surface area contributed by atoms with Crippen molar-refractivity contribution in [2.75, 3.05) is 27.2 Å². The van der Waals surface area contributed by atoms with Gasteiger partial charge in [-0.1, -0.05) is 72.8 Å². The summed E-state index contributed by atoms with van der Waals surface area (Å²) >= 11 is 5.60. The number of imidazole rings is 1.